The fourth-order valence-electron chi connectivity index (χ4n) is 1.82. The Hall–Kier alpha value is -1.42. The number of aromatic nitrogens is 1. The summed E-state index contributed by atoms with van der Waals surface area (Å²) < 4.78 is 0. The number of nitrogens with one attached hydrogen (secondary N) is 1. The van der Waals surface area contributed by atoms with E-state index in [1.165, 1.54) is 0 Å². The minimum Gasteiger partial charge on any atom is -0.386 e. The van der Waals surface area contributed by atoms with Gasteiger partial charge in [-0.25, -0.2) is 0 Å². The summed E-state index contributed by atoms with van der Waals surface area (Å²) in [6, 6.07) is 5.98. The Bertz CT molecular complexity index is 362. The van der Waals surface area contributed by atoms with Crippen molar-refractivity contribution in [3.8, 4) is 0 Å². The molecule has 0 aromatic carbocycles. The summed E-state index contributed by atoms with van der Waals surface area (Å²) in [7, 11) is 1.97. The second-order valence-corrected chi connectivity index (χ2v) is 4.06. The third-order valence-electron chi connectivity index (χ3n) is 2.64. The molecule has 3 N–H and O–H groups in total. The Morgan fingerprint density at radius 1 is 1.56 bits per heavy atom. The molecule has 1 unspecified atom stereocenters. The van der Waals surface area contributed by atoms with Gasteiger partial charge in [-0.3, -0.25) is 15.3 Å². The second-order valence-electron chi connectivity index (χ2n) is 4.06. The smallest absolute Gasteiger partial charge is 0.108 e. The highest BCUT2D eigenvalue weighted by atomic mass is 15.2. The van der Waals surface area contributed by atoms with Crippen molar-refractivity contribution in [3.63, 3.8) is 0 Å². The van der Waals surface area contributed by atoms with Crippen molar-refractivity contribution in [2.75, 3.05) is 7.05 Å². The van der Waals surface area contributed by atoms with E-state index in [2.05, 4.69) is 9.88 Å². The molecule has 1 rings (SSSR count). The number of amidine groups is 1. The van der Waals surface area contributed by atoms with Gasteiger partial charge < -0.3 is 5.73 Å². The van der Waals surface area contributed by atoms with Crippen LogP contribution in [0.25, 0.3) is 0 Å². The minimum atomic E-state index is 0.00214. The van der Waals surface area contributed by atoms with E-state index in [1.54, 1.807) is 0 Å². The fourth-order valence-corrected chi connectivity index (χ4v) is 1.82. The summed E-state index contributed by atoms with van der Waals surface area (Å²) in [4.78, 5) is 6.50. The van der Waals surface area contributed by atoms with Crippen LogP contribution in [0, 0.1) is 12.3 Å². The Labute approximate surface area is 97.0 Å². The second kappa shape index (κ2) is 5.61. The van der Waals surface area contributed by atoms with E-state index in [1.807, 2.05) is 39.1 Å². The van der Waals surface area contributed by atoms with E-state index in [9.17, 15) is 0 Å². The molecule has 0 aliphatic rings. The summed E-state index contributed by atoms with van der Waals surface area (Å²) >= 11 is 0. The molecule has 1 aromatic heterocycles. The highest BCUT2D eigenvalue weighted by molar-refractivity contribution is 5.82. The van der Waals surface area contributed by atoms with Gasteiger partial charge >= 0.3 is 0 Å². The zero-order valence-corrected chi connectivity index (χ0v) is 10.2. The van der Waals surface area contributed by atoms with Crippen LogP contribution in [0.15, 0.2) is 18.2 Å². The van der Waals surface area contributed by atoms with Crippen molar-refractivity contribution in [2.45, 2.75) is 32.9 Å². The van der Waals surface area contributed by atoms with Crippen LogP contribution in [0.3, 0.4) is 0 Å². The number of nitrogens with two attached hydrogens (primary N) is 1. The van der Waals surface area contributed by atoms with E-state index < -0.39 is 0 Å². The SMILES string of the molecule is CCC(C(=N)N)N(C)Cc1cccc(C)n1. The third kappa shape index (κ3) is 3.31. The quantitative estimate of drug-likeness (QED) is 0.584. The van der Waals surface area contributed by atoms with Crippen LogP contribution < -0.4 is 5.73 Å². The molecule has 0 saturated carbocycles. The molecule has 16 heavy (non-hydrogen) atoms. The van der Waals surface area contributed by atoms with Gasteiger partial charge in [0.1, 0.15) is 5.84 Å². The molecule has 0 fully saturated rings. The van der Waals surface area contributed by atoms with Crippen LogP contribution in [0.2, 0.25) is 0 Å². The average Bonchev–Trinajstić information content (AvgIpc) is 2.17. The molecule has 0 amide bonds. The fraction of sp³-hybridized carbons (Fsp3) is 0.500. The molecule has 4 nitrogen and oxygen atoms in total. The molecule has 0 aliphatic carbocycles. The molecule has 0 saturated heterocycles. The van der Waals surface area contributed by atoms with Gasteiger partial charge in [0.05, 0.1) is 11.7 Å². The number of likely N-dealkylation sites (N-methyl/N-ethyl adjacent to an activating group) is 1. The Morgan fingerprint density at radius 2 is 2.25 bits per heavy atom. The Kier molecular flexibility index (Phi) is 4.43. The van der Waals surface area contributed by atoms with Gasteiger partial charge in [0, 0.05) is 12.2 Å². The predicted molar refractivity (Wildman–Crippen MR) is 66.4 cm³/mol. The lowest BCUT2D eigenvalue weighted by atomic mass is 10.1. The number of pyridine rings is 1. The van der Waals surface area contributed by atoms with E-state index in [-0.39, 0.29) is 11.9 Å². The molecule has 88 valence electrons. The monoisotopic (exact) mass is 220 g/mol. The largest absolute Gasteiger partial charge is 0.386 e. The normalized spacial score (nSPS) is 12.8. The zero-order chi connectivity index (χ0) is 12.1. The Morgan fingerprint density at radius 3 is 2.75 bits per heavy atom. The highest BCUT2D eigenvalue weighted by Crippen LogP contribution is 2.07. The molecule has 1 aromatic rings. The maximum absolute atomic E-state index is 7.51. The van der Waals surface area contributed by atoms with Gasteiger partial charge in [-0.1, -0.05) is 13.0 Å². The molecule has 0 aliphatic heterocycles. The first kappa shape index (κ1) is 12.6. The van der Waals surface area contributed by atoms with E-state index in [4.69, 9.17) is 11.1 Å². The summed E-state index contributed by atoms with van der Waals surface area (Å²) in [5.41, 5.74) is 7.58. The Balaban J connectivity index is 2.69. The first-order chi connectivity index (χ1) is 7.54. The van der Waals surface area contributed by atoms with Crippen molar-refractivity contribution in [3.05, 3.63) is 29.6 Å². The number of nitrogens with zero attached hydrogens (tertiary/aromatic N) is 2. The minimum absolute atomic E-state index is 0.00214. The molecular weight excluding hydrogens is 200 g/mol. The maximum Gasteiger partial charge on any atom is 0.108 e. The van der Waals surface area contributed by atoms with Crippen molar-refractivity contribution in [2.24, 2.45) is 5.73 Å². The lowest BCUT2D eigenvalue weighted by molar-refractivity contribution is 0.277. The van der Waals surface area contributed by atoms with Gasteiger partial charge in [-0.2, -0.15) is 0 Å². The van der Waals surface area contributed by atoms with Crippen LogP contribution in [-0.4, -0.2) is 28.8 Å². The molecule has 0 spiro atoms. The van der Waals surface area contributed by atoms with Crippen LogP contribution in [0.4, 0.5) is 0 Å². The van der Waals surface area contributed by atoms with E-state index >= 15 is 0 Å². The first-order valence-electron chi connectivity index (χ1n) is 5.51. The van der Waals surface area contributed by atoms with Crippen molar-refractivity contribution in [1.29, 1.82) is 5.41 Å². The summed E-state index contributed by atoms with van der Waals surface area (Å²) in [5, 5.41) is 7.51. The number of rotatable bonds is 5. The van der Waals surface area contributed by atoms with Crippen LogP contribution >= 0.6 is 0 Å². The van der Waals surface area contributed by atoms with E-state index in [0.29, 0.717) is 0 Å². The maximum atomic E-state index is 7.51. The van der Waals surface area contributed by atoms with Crippen molar-refractivity contribution >= 4 is 5.84 Å². The zero-order valence-electron chi connectivity index (χ0n) is 10.2. The lowest BCUT2D eigenvalue weighted by Crippen LogP contribution is -2.41. The molecular formula is C12H20N4. The molecule has 1 heterocycles. The van der Waals surface area contributed by atoms with Gasteiger partial charge in [0.25, 0.3) is 0 Å². The van der Waals surface area contributed by atoms with Crippen molar-refractivity contribution in [1.82, 2.24) is 9.88 Å². The number of aryl methyl sites for hydroxylation is 1. The summed E-state index contributed by atoms with van der Waals surface area (Å²) in [5.74, 6) is 0.220. The predicted octanol–water partition coefficient (Wildman–Crippen LogP) is 1.54. The molecule has 1 atom stereocenters. The van der Waals surface area contributed by atoms with Crippen molar-refractivity contribution < 1.29 is 0 Å². The van der Waals surface area contributed by atoms with Gasteiger partial charge in [0.15, 0.2) is 0 Å². The van der Waals surface area contributed by atoms with Gasteiger partial charge in [0.2, 0.25) is 0 Å². The van der Waals surface area contributed by atoms with Crippen LogP contribution in [-0.2, 0) is 6.54 Å². The first-order valence-corrected chi connectivity index (χ1v) is 5.51. The lowest BCUT2D eigenvalue weighted by Gasteiger charge is -2.25. The van der Waals surface area contributed by atoms with Gasteiger partial charge in [-0.05, 0) is 32.5 Å². The topological polar surface area (TPSA) is 66.0 Å². The van der Waals surface area contributed by atoms with Crippen LogP contribution in [0.1, 0.15) is 24.7 Å². The van der Waals surface area contributed by atoms with E-state index in [0.717, 1.165) is 24.4 Å². The number of hydrogen-bond acceptors (Lipinski definition) is 3. The average molecular weight is 220 g/mol. The van der Waals surface area contributed by atoms with Crippen LogP contribution in [0.5, 0.6) is 0 Å². The molecule has 4 heteroatoms. The standard InChI is InChI=1S/C12H20N4/c1-4-11(12(13)14)16(3)8-10-7-5-6-9(2)15-10/h5-7,11H,4,8H2,1-3H3,(H3,13,14). The molecule has 0 bridgehead atoms. The third-order valence-corrected chi connectivity index (χ3v) is 2.64. The van der Waals surface area contributed by atoms with Gasteiger partial charge in [-0.15, -0.1) is 0 Å². The number of hydrogen-bond donors (Lipinski definition) is 2. The summed E-state index contributed by atoms with van der Waals surface area (Å²) in [6.45, 7) is 4.73. The molecule has 0 radical (unpaired) electrons. The highest BCUT2D eigenvalue weighted by Gasteiger charge is 2.15. The summed E-state index contributed by atoms with van der Waals surface area (Å²) in [6.07, 6.45) is 0.845.